The molecule has 0 fully saturated rings. The van der Waals surface area contributed by atoms with Crippen LogP contribution in [0.5, 0.6) is 0 Å². The third-order valence-electron chi connectivity index (χ3n) is 10.6. The van der Waals surface area contributed by atoms with Crippen molar-refractivity contribution in [3.63, 3.8) is 0 Å². The summed E-state index contributed by atoms with van der Waals surface area (Å²) in [7, 11) is 5.86. The van der Waals surface area contributed by atoms with Gasteiger partial charge in [0.2, 0.25) is 0 Å². The second kappa shape index (κ2) is 28.9. The summed E-state index contributed by atoms with van der Waals surface area (Å²) in [5.41, 5.74) is 14.6. The molecule has 0 unspecified atom stereocenters. The highest BCUT2D eigenvalue weighted by atomic mass is 15.4. The highest BCUT2D eigenvalue weighted by molar-refractivity contribution is 5.95. The Morgan fingerprint density at radius 2 is 1.22 bits per heavy atom. The van der Waals surface area contributed by atoms with E-state index in [4.69, 9.17) is 0 Å². The Hall–Kier alpha value is -4.66. The molecule has 0 N–H and O–H groups in total. The normalized spacial score (nSPS) is 15.0. The molecular formula is C54H89N9. The SMILES string of the molecule is CC(C)c1ccn(C)c1.CC(C)c1ccn(C)n1.CC(C)c1cn(C)nn1.CC1=CC=C(C(C)C)C1.CC1=CN=C(C(C)C)C1.CC1=NC(C(C)C)=CC1.CC1=NCC(C(C)C)=C1. The summed E-state index contributed by atoms with van der Waals surface area (Å²) < 4.78 is 5.62. The standard InChI is InChI=1S/C9H14.4C8H13N.C7H12N2.C6H11N3/c1-7(2)9-5-4-8(3)6-9;1-6(2)8-4-7(3)9-5-8;1-6(2)8-4-7(3)5-9-8;1-7(2)8-4-5-9(3)6-8;1-6(2)8-5-4-7(3)9-8;1-6(2)7-4-5-9(3)8-7;1-5(2)6-4-9(3)8-7-6/h4-5,7H,6H2,1-3H3;4,6H,5H2,1-3H3;5-6H,4H2,1-3H3;4-7H,1-3H3;5-6H,4H2,1-3H3;4-6H,1-3H3;4-5H,1-3H3. The maximum atomic E-state index is 4.37. The monoisotopic (exact) mass is 864 g/mol. The number of aryl methyl sites for hydroxylation is 3. The molecule has 0 aromatic carbocycles. The van der Waals surface area contributed by atoms with Crippen molar-refractivity contribution in [3.05, 3.63) is 112 Å². The Morgan fingerprint density at radius 3 is 1.44 bits per heavy atom. The van der Waals surface area contributed by atoms with Gasteiger partial charge in [-0.1, -0.05) is 132 Å². The van der Waals surface area contributed by atoms with Gasteiger partial charge >= 0.3 is 0 Å². The molecule has 9 heteroatoms. The Kier molecular flexibility index (Phi) is 25.9. The fourth-order valence-corrected chi connectivity index (χ4v) is 6.10. The zero-order chi connectivity index (χ0) is 48.0. The molecule has 3 aliphatic heterocycles. The van der Waals surface area contributed by atoms with Gasteiger partial charge in [-0.3, -0.25) is 24.3 Å². The van der Waals surface area contributed by atoms with E-state index in [1.54, 1.807) is 10.3 Å². The van der Waals surface area contributed by atoms with Gasteiger partial charge in [-0.15, -0.1) is 5.10 Å². The molecule has 0 saturated heterocycles. The molecule has 0 radical (unpaired) electrons. The van der Waals surface area contributed by atoms with Crippen LogP contribution in [-0.2, 0) is 21.1 Å². The number of allylic oxidation sites excluding steroid dienone is 8. The Bertz CT molecular complexity index is 1890. The van der Waals surface area contributed by atoms with Crippen molar-refractivity contribution < 1.29 is 0 Å². The lowest BCUT2D eigenvalue weighted by Crippen LogP contribution is -2.03. The van der Waals surface area contributed by atoms with Crippen LogP contribution in [0.2, 0.25) is 0 Å². The Balaban J connectivity index is 0.000000367. The molecule has 7 rings (SSSR count). The number of nitrogens with zero attached hydrogens (tertiary/aromatic N) is 9. The van der Waals surface area contributed by atoms with Crippen LogP contribution >= 0.6 is 0 Å². The summed E-state index contributed by atoms with van der Waals surface area (Å²) in [6.45, 7) is 39.9. The summed E-state index contributed by atoms with van der Waals surface area (Å²) in [5, 5.41) is 12.0. The van der Waals surface area contributed by atoms with Crippen LogP contribution in [0.1, 0.15) is 179 Å². The highest BCUT2D eigenvalue weighted by Crippen LogP contribution is 2.24. The van der Waals surface area contributed by atoms with Crippen molar-refractivity contribution in [1.82, 2.24) is 29.3 Å². The molecule has 350 valence electrons. The van der Waals surface area contributed by atoms with Gasteiger partial charge in [-0.05, 0) is 110 Å². The van der Waals surface area contributed by atoms with Crippen LogP contribution in [0.15, 0.2) is 110 Å². The van der Waals surface area contributed by atoms with E-state index in [2.05, 4.69) is 202 Å². The smallest absolute Gasteiger partial charge is 0.0852 e. The predicted molar refractivity (Wildman–Crippen MR) is 275 cm³/mol. The van der Waals surface area contributed by atoms with Crippen LogP contribution in [0.3, 0.4) is 0 Å². The minimum absolute atomic E-state index is 0.485. The molecule has 0 atom stereocenters. The molecule has 0 saturated carbocycles. The van der Waals surface area contributed by atoms with Crippen molar-refractivity contribution in [1.29, 1.82) is 0 Å². The van der Waals surface area contributed by atoms with Gasteiger partial charge in [0.05, 0.1) is 17.9 Å². The van der Waals surface area contributed by atoms with E-state index in [1.165, 1.54) is 51.5 Å². The highest BCUT2D eigenvalue weighted by Gasteiger charge is 2.10. The van der Waals surface area contributed by atoms with Crippen molar-refractivity contribution in [2.45, 2.75) is 162 Å². The third-order valence-corrected chi connectivity index (χ3v) is 10.6. The Morgan fingerprint density at radius 1 is 0.587 bits per heavy atom. The minimum Gasteiger partial charge on any atom is -0.357 e. The third kappa shape index (κ3) is 23.6. The van der Waals surface area contributed by atoms with Gasteiger partial charge in [0.15, 0.2) is 0 Å². The number of hydrogen-bond donors (Lipinski definition) is 0. The first-order valence-electron chi connectivity index (χ1n) is 23.4. The van der Waals surface area contributed by atoms with Crippen molar-refractivity contribution in [2.75, 3.05) is 6.54 Å². The Labute approximate surface area is 385 Å². The van der Waals surface area contributed by atoms with Gasteiger partial charge in [-0.25, -0.2) is 0 Å². The van der Waals surface area contributed by atoms with Crippen LogP contribution in [-0.4, -0.2) is 53.0 Å². The van der Waals surface area contributed by atoms with Gasteiger partial charge < -0.3 is 4.57 Å². The summed E-state index contributed by atoms with van der Waals surface area (Å²) in [6, 6.07) is 4.20. The molecule has 0 amide bonds. The van der Waals surface area contributed by atoms with Gasteiger partial charge in [0, 0.05) is 87.8 Å². The maximum absolute atomic E-state index is 4.37. The van der Waals surface area contributed by atoms with Crippen LogP contribution in [0.4, 0.5) is 0 Å². The number of hydrogen-bond acceptors (Lipinski definition) is 6. The molecule has 3 aromatic heterocycles. The van der Waals surface area contributed by atoms with E-state index in [0.717, 1.165) is 36.7 Å². The van der Waals surface area contributed by atoms with Crippen molar-refractivity contribution in [2.24, 2.45) is 59.8 Å². The molecule has 1 aliphatic carbocycles. The van der Waals surface area contributed by atoms with Gasteiger partial charge in [-0.2, -0.15) is 5.10 Å². The minimum atomic E-state index is 0.485. The maximum Gasteiger partial charge on any atom is 0.0852 e. The average Bonchev–Trinajstić information content (AvgIpc) is 4.04. The first-order valence-corrected chi connectivity index (χ1v) is 23.4. The lowest BCUT2D eigenvalue weighted by molar-refractivity contribution is 0.710. The predicted octanol–water partition coefficient (Wildman–Crippen LogP) is 14.4. The largest absolute Gasteiger partial charge is 0.357 e. The van der Waals surface area contributed by atoms with E-state index in [1.807, 2.05) is 50.5 Å². The van der Waals surface area contributed by atoms with E-state index in [9.17, 15) is 0 Å². The second-order valence-corrected chi connectivity index (χ2v) is 19.5. The van der Waals surface area contributed by atoms with Crippen LogP contribution < -0.4 is 0 Å². The molecule has 0 bridgehead atoms. The first-order chi connectivity index (χ1) is 29.4. The van der Waals surface area contributed by atoms with Gasteiger partial charge in [0.1, 0.15) is 0 Å². The summed E-state index contributed by atoms with van der Waals surface area (Å²) in [4.78, 5) is 12.9. The summed E-state index contributed by atoms with van der Waals surface area (Å²) in [5.74, 6) is 4.32. The molecular weight excluding hydrogens is 775 g/mol. The molecule has 0 spiro atoms. The second-order valence-electron chi connectivity index (χ2n) is 19.5. The fourth-order valence-electron chi connectivity index (χ4n) is 6.10. The summed E-state index contributed by atoms with van der Waals surface area (Å²) in [6.07, 6.45) is 22.3. The zero-order valence-electron chi connectivity index (χ0n) is 43.7. The van der Waals surface area contributed by atoms with E-state index in [0.29, 0.717) is 35.5 Å². The first kappa shape index (κ1) is 56.4. The van der Waals surface area contributed by atoms with Crippen molar-refractivity contribution in [3.8, 4) is 0 Å². The molecule has 63 heavy (non-hydrogen) atoms. The number of rotatable bonds is 7. The lowest BCUT2D eigenvalue weighted by atomic mass is 10.0. The molecule has 9 nitrogen and oxygen atoms in total. The lowest BCUT2D eigenvalue weighted by Gasteiger charge is -2.04. The van der Waals surface area contributed by atoms with Crippen molar-refractivity contribution >= 4 is 17.1 Å². The topological polar surface area (TPSA) is 90.5 Å². The summed E-state index contributed by atoms with van der Waals surface area (Å²) >= 11 is 0. The quantitative estimate of drug-likeness (QED) is 0.237. The number of aliphatic imine (C=N–C) groups is 3. The molecule has 6 heterocycles. The molecule has 4 aliphatic rings. The van der Waals surface area contributed by atoms with E-state index >= 15 is 0 Å². The van der Waals surface area contributed by atoms with Crippen LogP contribution in [0.25, 0.3) is 0 Å². The zero-order valence-corrected chi connectivity index (χ0v) is 43.7. The molecule has 3 aromatic rings. The fraction of sp³-hybridized carbons (Fsp3) is 0.593. The van der Waals surface area contributed by atoms with Crippen LogP contribution in [0, 0.1) is 23.7 Å². The van der Waals surface area contributed by atoms with Gasteiger partial charge in [0.25, 0.3) is 0 Å². The van der Waals surface area contributed by atoms with E-state index < -0.39 is 0 Å². The number of aromatic nitrogens is 6. The van der Waals surface area contributed by atoms with E-state index in [-0.39, 0.29) is 0 Å². The average molecular weight is 864 g/mol.